The molecule has 0 saturated heterocycles. The van der Waals surface area contributed by atoms with E-state index in [4.69, 9.17) is 11.6 Å². The van der Waals surface area contributed by atoms with Gasteiger partial charge in [-0.25, -0.2) is 0 Å². The second-order valence-corrected chi connectivity index (χ2v) is 4.98. The maximum Gasteiger partial charge on any atom is 0.0367 e. The number of halogens is 1. The van der Waals surface area contributed by atoms with Gasteiger partial charge in [0.15, 0.2) is 0 Å². The molecule has 0 amide bonds. The van der Waals surface area contributed by atoms with Crippen molar-refractivity contribution in [3.8, 4) is 0 Å². The second kappa shape index (κ2) is 3.94. The van der Waals surface area contributed by atoms with Gasteiger partial charge in [-0.15, -0.1) is 11.6 Å². The molecule has 76 valence electrons. The number of alkyl halides is 1. The minimum absolute atomic E-state index is 0.375. The van der Waals surface area contributed by atoms with Crippen LogP contribution < -0.4 is 0 Å². The Labute approximate surface area is 91.3 Å². The van der Waals surface area contributed by atoms with Crippen LogP contribution in [-0.2, 0) is 0 Å². The quantitative estimate of drug-likeness (QED) is 0.610. The lowest BCUT2D eigenvalue weighted by atomic mass is 9.87. The van der Waals surface area contributed by atoms with E-state index < -0.39 is 0 Å². The molecular formula is C13H17Cl. The minimum Gasteiger partial charge on any atom is -0.123 e. The summed E-state index contributed by atoms with van der Waals surface area (Å²) in [5.74, 6) is 1.30. The van der Waals surface area contributed by atoms with E-state index in [-0.39, 0.29) is 0 Å². The third-order valence-corrected chi connectivity index (χ3v) is 4.16. The SMILES string of the molecule is Cc1ccccc1C1CCC(Cl)C1C. The van der Waals surface area contributed by atoms with Crippen LogP contribution in [0, 0.1) is 12.8 Å². The van der Waals surface area contributed by atoms with Crippen molar-refractivity contribution >= 4 is 11.6 Å². The zero-order chi connectivity index (χ0) is 10.1. The zero-order valence-corrected chi connectivity index (χ0v) is 9.59. The highest BCUT2D eigenvalue weighted by Gasteiger charge is 2.32. The van der Waals surface area contributed by atoms with Crippen molar-refractivity contribution in [2.75, 3.05) is 0 Å². The first kappa shape index (κ1) is 10.0. The molecule has 0 spiro atoms. The van der Waals surface area contributed by atoms with Gasteiger partial charge in [-0.05, 0) is 42.7 Å². The normalized spacial score (nSPS) is 32.1. The molecule has 0 nitrogen and oxygen atoms in total. The molecule has 1 saturated carbocycles. The van der Waals surface area contributed by atoms with Crippen LogP contribution in [0.15, 0.2) is 24.3 Å². The fourth-order valence-corrected chi connectivity index (χ4v) is 2.86. The summed E-state index contributed by atoms with van der Waals surface area (Å²) >= 11 is 6.26. The highest BCUT2D eigenvalue weighted by Crippen LogP contribution is 2.42. The third-order valence-electron chi connectivity index (χ3n) is 3.55. The molecular weight excluding hydrogens is 192 g/mol. The van der Waals surface area contributed by atoms with E-state index in [9.17, 15) is 0 Å². The van der Waals surface area contributed by atoms with Gasteiger partial charge in [-0.2, -0.15) is 0 Å². The van der Waals surface area contributed by atoms with Gasteiger partial charge in [0.25, 0.3) is 0 Å². The number of hydrogen-bond donors (Lipinski definition) is 0. The zero-order valence-electron chi connectivity index (χ0n) is 8.83. The lowest BCUT2D eigenvalue weighted by Crippen LogP contribution is -2.10. The van der Waals surface area contributed by atoms with Crippen molar-refractivity contribution in [1.82, 2.24) is 0 Å². The Bertz CT molecular complexity index is 319. The molecule has 1 aromatic carbocycles. The van der Waals surface area contributed by atoms with Crippen LogP contribution in [-0.4, -0.2) is 5.38 Å². The highest BCUT2D eigenvalue weighted by atomic mass is 35.5. The van der Waals surface area contributed by atoms with Crippen LogP contribution >= 0.6 is 11.6 Å². The summed E-state index contributed by atoms with van der Waals surface area (Å²) in [5, 5.41) is 0.375. The Kier molecular flexibility index (Phi) is 2.83. The lowest BCUT2D eigenvalue weighted by molar-refractivity contribution is 0.535. The molecule has 0 aliphatic heterocycles. The molecule has 1 aromatic rings. The van der Waals surface area contributed by atoms with E-state index in [0.29, 0.717) is 17.2 Å². The van der Waals surface area contributed by atoms with Crippen molar-refractivity contribution in [3.05, 3.63) is 35.4 Å². The first-order valence-electron chi connectivity index (χ1n) is 5.39. The smallest absolute Gasteiger partial charge is 0.0367 e. The summed E-state index contributed by atoms with van der Waals surface area (Å²) in [7, 11) is 0. The molecule has 14 heavy (non-hydrogen) atoms. The number of aryl methyl sites for hydroxylation is 1. The molecule has 1 aliphatic rings. The largest absolute Gasteiger partial charge is 0.123 e. The van der Waals surface area contributed by atoms with Crippen molar-refractivity contribution in [2.24, 2.45) is 5.92 Å². The molecule has 3 unspecified atom stereocenters. The molecule has 0 N–H and O–H groups in total. The van der Waals surface area contributed by atoms with E-state index in [1.165, 1.54) is 24.0 Å². The molecule has 0 aromatic heterocycles. The summed E-state index contributed by atoms with van der Waals surface area (Å²) < 4.78 is 0. The highest BCUT2D eigenvalue weighted by molar-refractivity contribution is 6.21. The fraction of sp³-hybridized carbons (Fsp3) is 0.538. The molecule has 2 rings (SSSR count). The Morgan fingerprint density at radius 3 is 2.50 bits per heavy atom. The molecule has 0 radical (unpaired) electrons. The van der Waals surface area contributed by atoms with Gasteiger partial charge in [-0.1, -0.05) is 31.2 Å². The minimum atomic E-state index is 0.375. The van der Waals surface area contributed by atoms with Crippen molar-refractivity contribution in [2.45, 2.75) is 38.0 Å². The summed E-state index contributed by atoms with van der Waals surface area (Å²) in [4.78, 5) is 0. The predicted octanol–water partition coefficient (Wildman–Crippen LogP) is 4.12. The van der Waals surface area contributed by atoms with Gasteiger partial charge in [0, 0.05) is 5.38 Å². The number of rotatable bonds is 1. The molecule has 0 heterocycles. The van der Waals surface area contributed by atoms with Crippen molar-refractivity contribution < 1.29 is 0 Å². The molecule has 1 fully saturated rings. The van der Waals surface area contributed by atoms with E-state index in [1.807, 2.05) is 0 Å². The van der Waals surface area contributed by atoms with E-state index in [1.54, 1.807) is 0 Å². The predicted molar refractivity (Wildman–Crippen MR) is 62.0 cm³/mol. The van der Waals surface area contributed by atoms with Crippen molar-refractivity contribution in [1.29, 1.82) is 0 Å². The first-order chi connectivity index (χ1) is 6.70. The van der Waals surface area contributed by atoms with Crippen LogP contribution in [0.2, 0.25) is 0 Å². The van der Waals surface area contributed by atoms with Gasteiger partial charge in [0.2, 0.25) is 0 Å². The Hall–Kier alpha value is -0.490. The average Bonchev–Trinajstić information content (AvgIpc) is 2.49. The summed E-state index contributed by atoms with van der Waals surface area (Å²) in [5.41, 5.74) is 2.92. The summed E-state index contributed by atoms with van der Waals surface area (Å²) in [6, 6.07) is 8.70. The molecule has 3 atom stereocenters. The van der Waals surface area contributed by atoms with Crippen LogP contribution in [0.25, 0.3) is 0 Å². The standard InChI is InChI=1S/C13H17Cl/c1-9-5-3-4-6-11(9)12-7-8-13(14)10(12)2/h3-6,10,12-13H,7-8H2,1-2H3. The monoisotopic (exact) mass is 208 g/mol. The number of hydrogen-bond acceptors (Lipinski definition) is 0. The van der Waals surface area contributed by atoms with Crippen LogP contribution in [0.5, 0.6) is 0 Å². The lowest BCUT2D eigenvalue weighted by Gasteiger charge is -2.19. The molecule has 0 bridgehead atoms. The summed E-state index contributed by atoms with van der Waals surface area (Å²) in [6.45, 7) is 4.48. The average molecular weight is 209 g/mol. The topological polar surface area (TPSA) is 0 Å². The molecule has 1 aliphatic carbocycles. The number of benzene rings is 1. The Balaban J connectivity index is 2.28. The first-order valence-corrected chi connectivity index (χ1v) is 5.83. The van der Waals surface area contributed by atoms with E-state index >= 15 is 0 Å². The maximum atomic E-state index is 6.26. The van der Waals surface area contributed by atoms with E-state index in [0.717, 1.165) is 0 Å². The van der Waals surface area contributed by atoms with Gasteiger partial charge >= 0.3 is 0 Å². The molecule has 1 heteroatoms. The summed E-state index contributed by atoms with van der Waals surface area (Å²) in [6.07, 6.45) is 2.42. The van der Waals surface area contributed by atoms with E-state index in [2.05, 4.69) is 38.1 Å². The third kappa shape index (κ3) is 1.68. The van der Waals surface area contributed by atoms with Crippen LogP contribution in [0.3, 0.4) is 0 Å². The van der Waals surface area contributed by atoms with Crippen LogP contribution in [0.4, 0.5) is 0 Å². The van der Waals surface area contributed by atoms with Gasteiger partial charge in [-0.3, -0.25) is 0 Å². The fourth-order valence-electron chi connectivity index (χ4n) is 2.56. The van der Waals surface area contributed by atoms with Gasteiger partial charge in [0.05, 0.1) is 0 Å². The van der Waals surface area contributed by atoms with Crippen LogP contribution in [0.1, 0.15) is 36.8 Å². The Morgan fingerprint density at radius 1 is 1.21 bits per heavy atom. The Morgan fingerprint density at radius 2 is 1.93 bits per heavy atom. The van der Waals surface area contributed by atoms with Gasteiger partial charge < -0.3 is 0 Å². The second-order valence-electron chi connectivity index (χ2n) is 4.42. The van der Waals surface area contributed by atoms with Crippen molar-refractivity contribution in [3.63, 3.8) is 0 Å². The maximum absolute atomic E-state index is 6.26. The van der Waals surface area contributed by atoms with Gasteiger partial charge in [0.1, 0.15) is 0 Å².